The third kappa shape index (κ3) is 4.18. The second kappa shape index (κ2) is 8.45. The summed E-state index contributed by atoms with van der Waals surface area (Å²) in [5.41, 5.74) is 3.36. The maximum atomic E-state index is 12.6. The Bertz CT molecular complexity index is 844. The molecule has 0 aliphatic rings. The van der Waals surface area contributed by atoms with E-state index in [4.69, 9.17) is 0 Å². The maximum absolute atomic E-state index is 12.6. The number of aliphatic hydroxyl groups excluding tert-OH is 1. The van der Waals surface area contributed by atoms with Crippen LogP contribution >= 0.6 is 0 Å². The van der Waals surface area contributed by atoms with Crippen molar-refractivity contribution in [2.75, 3.05) is 6.54 Å². The molecule has 0 fully saturated rings. The SMILES string of the molecule is CCc1c(C(=O)NCC(O)Cc2ccccc2)cnn1-c1ccccc1. The van der Waals surface area contributed by atoms with E-state index in [-0.39, 0.29) is 12.5 Å². The van der Waals surface area contributed by atoms with E-state index in [0.717, 1.165) is 16.9 Å². The van der Waals surface area contributed by atoms with E-state index in [1.807, 2.05) is 67.6 Å². The van der Waals surface area contributed by atoms with Crippen LogP contribution in [0.15, 0.2) is 66.9 Å². The number of amides is 1. The fourth-order valence-corrected chi connectivity index (χ4v) is 2.96. The lowest BCUT2D eigenvalue weighted by molar-refractivity contribution is 0.0915. The number of aromatic nitrogens is 2. The van der Waals surface area contributed by atoms with Crippen LogP contribution in [0.5, 0.6) is 0 Å². The van der Waals surface area contributed by atoms with Gasteiger partial charge in [0.2, 0.25) is 0 Å². The lowest BCUT2D eigenvalue weighted by Gasteiger charge is -2.12. The summed E-state index contributed by atoms with van der Waals surface area (Å²) in [7, 11) is 0. The molecule has 1 aromatic heterocycles. The van der Waals surface area contributed by atoms with Crippen molar-refractivity contribution in [1.29, 1.82) is 0 Å². The molecule has 3 aromatic rings. The van der Waals surface area contributed by atoms with Crippen molar-refractivity contribution in [2.45, 2.75) is 25.9 Å². The summed E-state index contributed by atoms with van der Waals surface area (Å²) in [5, 5.41) is 17.4. The number of hydrogen-bond donors (Lipinski definition) is 2. The van der Waals surface area contributed by atoms with Crippen LogP contribution in [0.25, 0.3) is 5.69 Å². The molecule has 1 heterocycles. The van der Waals surface area contributed by atoms with Crippen molar-refractivity contribution in [3.05, 3.63) is 83.7 Å². The van der Waals surface area contributed by atoms with Crippen LogP contribution in [0.4, 0.5) is 0 Å². The lowest BCUT2D eigenvalue weighted by Crippen LogP contribution is -2.33. The number of aliphatic hydroxyl groups is 1. The molecule has 2 N–H and O–H groups in total. The van der Waals surface area contributed by atoms with E-state index in [1.165, 1.54) is 0 Å². The smallest absolute Gasteiger partial charge is 0.254 e. The Labute approximate surface area is 153 Å². The Morgan fingerprint density at radius 1 is 1.12 bits per heavy atom. The van der Waals surface area contributed by atoms with Gasteiger partial charge in [-0.1, -0.05) is 55.5 Å². The number of para-hydroxylation sites is 1. The molecule has 1 amide bonds. The molecular weight excluding hydrogens is 326 g/mol. The van der Waals surface area contributed by atoms with Crippen LogP contribution in [0.3, 0.4) is 0 Å². The van der Waals surface area contributed by atoms with Gasteiger partial charge in [0.05, 0.1) is 29.2 Å². The van der Waals surface area contributed by atoms with Crippen LogP contribution < -0.4 is 5.32 Å². The van der Waals surface area contributed by atoms with E-state index in [1.54, 1.807) is 10.9 Å². The highest BCUT2D eigenvalue weighted by atomic mass is 16.3. The molecule has 0 bridgehead atoms. The van der Waals surface area contributed by atoms with Crippen molar-refractivity contribution in [2.24, 2.45) is 0 Å². The first-order valence-corrected chi connectivity index (χ1v) is 8.81. The van der Waals surface area contributed by atoms with E-state index in [2.05, 4.69) is 10.4 Å². The van der Waals surface area contributed by atoms with Crippen LogP contribution in [-0.2, 0) is 12.8 Å². The summed E-state index contributed by atoms with van der Waals surface area (Å²) in [6, 6.07) is 19.5. The van der Waals surface area contributed by atoms with Gasteiger partial charge in [-0.05, 0) is 24.1 Å². The summed E-state index contributed by atoms with van der Waals surface area (Å²) < 4.78 is 1.79. The minimum Gasteiger partial charge on any atom is -0.391 e. The third-order valence-corrected chi connectivity index (χ3v) is 4.26. The zero-order valence-corrected chi connectivity index (χ0v) is 14.8. The van der Waals surface area contributed by atoms with E-state index >= 15 is 0 Å². The van der Waals surface area contributed by atoms with Gasteiger partial charge in [0.1, 0.15) is 0 Å². The van der Waals surface area contributed by atoms with Gasteiger partial charge in [0, 0.05) is 13.0 Å². The van der Waals surface area contributed by atoms with Gasteiger partial charge >= 0.3 is 0 Å². The molecule has 0 radical (unpaired) electrons. The fraction of sp³-hybridized carbons (Fsp3) is 0.238. The molecule has 5 heteroatoms. The maximum Gasteiger partial charge on any atom is 0.254 e. The van der Waals surface area contributed by atoms with E-state index < -0.39 is 6.10 Å². The number of benzene rings is 2. The molecule has 26 heavy (non-hydrogen) atoms. The molecule has 0 aliphatic heterocycles. The van der Waals surface area contributed by atoms with Crippen molar-refractivity contribution in [3.8, 4) is 5.69 Å². The number of nitrogens with one attached hydrogen (secondary N) is 1. The Balaban J connectivity index is 1.66. The molecular formula is C21H23N3O2. The largest absolute Gasteiger partial charge is 0.391 e. The second-order valence-electron chi connectivity index (χ2n) is 6.16. The van der Waals surface area contributed by atoms with Crippen molar-refractivity contribution >= 4 is 5.91 Å². The monoisotopic (exact) mass is 349 g/mol. The summed E-state index contributed by atoms with van der Waals surface area (Å²) in [4.78, 5) is 12.6. The van der Waals surface area contributed by atoms with Crippen molar-refractivity contribution < 1.29 is 9.90 Å². The van der Waals surface area contributed by atoms with Crippen LogP contribution in [0.1, 0.15) is 28.5 Å². The highest BCUT2D eigenvalue weighted by Gasteiger charge is 2.18. The molecule has 0 saturated heterocycles. The Hall–Kier alpha value is -2.92. The number of hydrogen-bond acceptors (Lipinski definition) is 3. The molecule has 134 valence electrons. The topological polar surface area (TPSA) is 67.2 Å². The van der Waals surface area contributed by atoms with E-state index in [0.29, 0.717) is 18.4 Å². The molecule has 0 spiro atoms. The standard InChI is InChI=1S/C21H23N3O2/c1-2-20-19(15-23-24(20)17-11-7-4-8-12-17)21(26)22-14-18(25)13-16-9-5-3-6-10-16/h3-12,15,18,25H,2,13-14H2,1H3,(H,22,26). The van der Waals surface area contributed by atoms with Gasteiger partial charge in [-0.2, -0.15) is 5.10 Å². The molecule has 3 rings (SSSR count). The first-order valence-electron chi connectivity index (χ1n) is 8.81. The van der Waals surface area contributed by atoms with Crippen LogP contribution in [0.2, 0.25) is 0 Å². The number of rotatable bonds is 7. The van der Waals surface area contributed by atoms with Crippen LogP contribution in [0, 0.1) is 0 Å². The average molecular weight is 349 g/mol. The van der Waals surface area contributed by atoms with Crippen molar-refractivity contribution in [1.82, 2.24) is 15.1 Å². The van der Waals surface area contributed by atoms with Gasteiger partial charge in [0.25, 0.3) is 5.91 Å². The summed E-state index contributed by atoms with van der Waals surface area (Å²) >= 11 is 0. The molecule has 0 saturated carbocycles. The fourth-order valence-electron chi connectivity index (χ4n) is 2.96. The van der Waals surface area contributed by atoms with Gasteiger partial charge < -0.3 is 10.4 Å². The predicted molar refractivity (Wildman–Crippen MR) is 101 cm³/mol. The zero-order chi connectivity index (χ0) is 18.4. The van der Waals surface area contributed by atoms with Crippen molar-refractivity contribution in [3.63, 3.8) is 0 Å². The van der Waals surface area contributed by atoms with Gasteiger partial charge in [-0.3, -0.25) is 4.79 Å². The Kier molecular flexibility index (Phi) is 5.81. The molecule has 1 unspecified atom stereocenters. The second-order valence-corrected chi connectivity index (χ2v) is 6.16. The highest BCUT2D eigenvalue weighted by molar-refractivity contribution is 5.95. The first kappa shape index (κ1) is 17.9. The average Bonchev–Trinajstić information content (AvgIpc) is 3.12. The van der Waals surface area contributed by atoms with E-state index in [9.17, 15) is 9.90 Å². The third-order valence-electron chi connectivity index (χ3n) is 4.26. The lowest BCUT2D eigenvalue weighted by atomic mass is 10.1. The zero-order valence-electron chi connectivity index (χ0n) is 14.8. The normalized spacial score (nSPS) is 11.9. The summed E-state index contributed by atoms with van der Waals surface area (Å²) in [6.45, 7) is 2.20. The number of carbonyl (C=O) groups is 1. The number of carbonyl (C=O) groups excluding carboxylic acids is 1. The van der Waals surface area contributed by atoms with Gasteiger partial charge in [-0.15, -0.1) is 0 Å². The molecule has 2 aromatic carbocycles. The number of nitrogens with zero attached hydrogens (tertiary/aromatic N) is 2. The van der Waals surface area contributed by atoms with Gasteiger partial charge in [-0.25, -0.2) is 4.68 Å². The molecule has 5 nitrogen and oxygen atoms in total. The molecule has 1 atom stereocenters. The molecule has 0 aliphatic carbocycles. The van der Waals surface area contributed by atoms with Crippen LogP contribution in [-0.4, -0.2) is 33.4 Å². The summed E-state index contributed by atoms with van der Waals surface area (Å²) in [5.74, 6) is -0.212. The minimum atomic E-state index is -0.629. The Morgan fingerprint density at radius 2 is 1.77 bits per heavy atom. The predicted octanol–water partition coefficient (Wildman–Crippen LogP) is 2.77. The quantitative estimate of drug-likeness (QED) is 0.689. The highest BCUT2D eigenvalue weighted by Crippen LogP contribution is 2.15. The first-order chi connectivity index (χ1) is 12.7. The minimum absolute atomic E-state index is 0.202. The van der Waals surface area contributed by atoms with Gasteiger partial charge in [0.15, 0.2) is 0 Å². The Morgan fingerprint density at radius 3 is 2.42 bits per heavy atom. The summed E-state index contributed by atoms with van der Waals surface area (Å²) in [6.07, 6.45) is 2.15.